The maximum Gasteiger partial charge on any atom is 0.336 e. The number of carboxylic acids is 3. The molecule has 0 spiro atoms. The standard InChI is InChI=1S/C10H19O.2C8H17.C6H8O7.Al/c1-3-4-5-6-7-8-9-10(2)11;2*1-3-5-7-8-6-4-2;7-3(8)1-6(13,5(11)12)2-4(9)10;/h1,3-9H2,2H3;2*1,3-8H2,2H3;13H,1-2H2,(H,7,8)(H,9,10)(H,11,12);. The van der Waals surface area contributed by atoms with E-state index in [9.17, 15) is 19.2 Å². The highest BCUT2D eigenvalue weighted by atomic mass is 27.2. The van der Waals surface area contributed by atoms with Gasteiger partial charge in [-0.25, -0.2) is 4.79 Å². The fourth-order valence-corrected chi connectivity index (χ4v) is 8.55. The molecule has 0 atom stereocenters. The Balaban J connectivity index is 0. The SMILES string of the molecule is CCCCCCC[CH2][Al]([CH2]CCCCCCC)[CH2]CCCCCCCC(C)=O.O=C(O)CC(O)(CC(=O)O)C(=O)O. The summed E-state index contributed by atoms with van der Waals surface area (Å²) in [6.45, 7) is 6.35. The van der Waals surface area contributed by atoms with Crippen LogP contribution in [0.15, 0.2) is 0 Å². The molecule has 0 aliphatic carbocycles. The lowest BCUT2D eigenvalue weighted by Crippen LogP contribution is -2.42. The monoisotopic (exact) mass is 600 g/mol. The number of carboxylic acid groups (broad SMARTS) is 3. The van der Waals surface area contributed by atoms with E-state index in [2.05, 4.69) is 13.8 Å². The van der Waals surface area contributed by atoms with Crippen molar-refractivity contribution in [2.24, 2.45) is 0 Å². The molecule has 0 aromatic carbocycles. The summed E-state index contributed by atoms with van der Waals surface area (Å²) in [5.74, 6) is -4.66. The Kier molecular flexibility index (Phi) is 29.2. The van der Waals surface area contributed by atoms with Crippen LogP contribution in [-0.4, -0.2) is 63.9 Å². The molecular weight excluding hydrogens is 539 g/mol. The van der Waals surface area contributed by atoms with Gasteiger partial charge in [-0.3, -0.25) is 9.59 Å². The Morgan fingerprint density at radius 2 is 0.854 bits per heavy atom. The number of Topliss-reactive ketones (excluding diaryl/α,β-unsaturated/α-hetero) is 1. The Morgan fingerprint density at radius 3 is 1.15 bits per heavy atom. The maximum atomic E-state index is 11.0. The molecule has 0 aliphatic rings. The molecule has 0 aliphatic heterocycles. The van der Waals surface area contributed by atoms with Crippen LogP contribution in [-0.2, 0) is 19.2 Å². The molecule has 4 N–H and O–H groups in total. The predicted molar refractivity (Wildman–Crippen MR) is 167 cm³/mol. The zero-order valence-corrected chi connectivity index (χ0v) is 27.6. The van der Waals surface area contributed by atoms with Gasteiger partial charge in [0.25, 0.3) is 14.1 Å². The predicted octanol–water partition coefficient (Wildman–Crippen LogP) is 8.27. The molecule has 9 heteroatoms. The second kappa shape index (κ2) is 28.7. The second-order valence-corrected chi connectivity index (χ2v) is 15.3. The van der Waals surface area contributed by atoms with E-state index < -0.39 is 50.5 Å². The van der Waals surface area contributed by atoms with Crippen molar-refractivity contribution in [1.29, 1.82) is 0 Å². The summed E-state index contributed by atoms with van der Waals surface area (Å²) in [5.41, 5.74) is -2.74. The summed E-state index contributed by atoms with van der Waals surface area (Å²) in [4.78, 5) is 41.5. The van der Waals surface area contributed by atoms with Crippen molar-refractivity contribution >= 4 is 37.8 Å². The molecule has 0 fully saturated rings. The number of carbonyl (C=O) groups is 4. The van der Waals surface area contributed by atoms with Gasteiger partial charge in [0.1, 0.15) is 5.78 Å². The Hall–Kier alpha value is -1.43. The minimum absolute atomic E-state index is 0.359. The summed E-state index contributed by atoms with van der Waals surface area (Å²) >= 11 is -0.474. The van der Waals surface area contributed by atoms with E-state index in [1.807, 2.05) is 0 Å². The van der Waals surface area contributed by atoms with Crippen LogP contribution in [0.4, 0.5) is 0 Å². The highest BCUT2D eigenvalue weighted by molar-refractivity contribution is 6.58. The molecule has 0 heterocycles. The van der Waals surface area contributed by atoms with Crippen molar-refractivity contribution in [3.63, 3.8) is 0 Å². The number of hydrogen-bond acceptors (Lipinski definition) is 5. The van der Waals surface area contributed by atoms with Crippen molar-refractivity contribution in [2.45, 2.75) is 177 Å². The average Bonchev–Trinajstić information content (AvgIpc) is 2.88. The van der Waals surface area contributed by atoms with Gasteiger partial charge in [0.05, 0.1) is 12.8 Å². The van der Waals surface area contributed by atoms with Crippen molar-refractivity contribution in [3.05, 3.63) is 0 Å². The number of carbonyl (C=O) groups excluding carboxylic acids is 1. The minimum Gasteiger partial charge on any atom is -0.481 e. The lowest BCUT2D eigenvalue weighted by atomic mass is 9.96. The maximum absolute atomic E-state index is 11.0. The van der Waals surface area contributed by atoms with Gasteiger partial charge in [-0.1, -0.05) is 139 Å². The largest absolute Gasteiger partial charge is 0.481 e. The van der Waals surface area contributed by atoms with E-state index in [1.54, 1.807) is 22.8 Å². The van der Waals surface area contributed by atoms with E-state index >= 15 is 0 Å². The van der Waals surface area contributed by atoms with Gasteiger partial charge in [0.15, 0.2) is 5.60 Å². The van der Waals surface area contributed by atoms with E-state index in [4.69, 9.17) is 20.4 Å². The van der Waals surface area contributed by atoms with E-state index in [0.717, 1.165) is 12.8 Å². The van der Waals surface area contributed by atoms with Crippen LogP contribution in [0.25, 0.3) is 0 Å². The number of aliphatic hydroxyl groups is 1. The first kappa shape index (κ1) is 41.7. The molecule has 0 amide bonds. The molecule has 0 radical (unpaired) electrons. The van der Waals surface area contributed by atoms with E-state index in [1.165, 1.54) is 109 Å². The van der Waals surface area contributed by atoms with E-state index in [0.29, 0.717) is 5.78 Å². The minimum atomic E-state index is -2.74. The molecule has 0 bridgehead atoms. The summed E-state index contributed by atoms with van der Waals surface area (Å²) in [7, 11) is 0. The fourth-order valence-electron chi connectivity index (χ4n) is 5.09. The number of hydrogen-bond donors (Lipinski definition) is 4. The Labute approximate surface area is 254 Å². The summed E-state index contributed by atoms with van der Waals surface area (Å²) in [6, 6.07) is 0. The van der Waals surface area contributed by atoms with Gasteiger partial charge >= 0.3 is 17.9 Å². The smallest absolute Gasteiger partial charge is 0.336 e. The van der Waals surface area contributed by atoms with E-state index in [-0.39, 0.29) is 0 Å². The number of aliphatic carboxylic acids is 3. The van der Waals surface area contributed by atoms with Crippen LogP contribution in [0.3, 0.4) is 0 Å². The molecule has 0 rings (SSSR count). The van der Waals surface area contributed by atoms with Gasteiger partial charge < -0.3 is 25.2 Å². The zero-order chi connectivity index (χ0) is 31.4. The third kappa shape index (κ3) is 29.9. The topological polar surface area (TPSA) is 149 Å². The third-order valence-electron chi connectivity index (χ3n) is 7.61. The summed E-state index contributed by atoms with van der Waals surface area (Å²) in [5, 5.41) is 38.7. The van der Waals surface area contributed by atoms with Gasteiger partial charge in [0.2, 0.25) is 0 Å². The fraction of sp³-hybridized carbons (Fsp3) is 0.875. The van der Waals surface area contributed by atoms with Crippen LogP contribution in [0.2, 0.25) is 15.8 Å². The van der Waals surface area contributed by atoms with Crippen molar-refractivity contribution in [3.8, 4) is 0 Å². The molecule has 8 nitrogen and oxygen atoms in total. The van der Waals surface area contributed by atoms with Crippen molar-refractivity contribution < 1.29 is 39.6 Å². The highest BCUT2D eigenvalue weighted by Gasteiger charge is 2.40. The van der Waals surface area contributed by atoms with Crippen LogP contribution in [0, 0.1) is 0 Å². The van der Waals surface area contributed by atoms with Gasteiger partial charge in [0, 0.05) is 6.42 Å². The number of unbranched alkanes of at least 4 members (excludes halogenated alkanes) is 15. The first-order chi connectivity index (χ1) is 19.5. The molecule has 41 heavy (non-hydrogen) atoms. The van der Waals surface area contributed by atoms with Crippen molar-refractivity contribution in [1.82, 2.24) is 0 Å². The molecule has 240 valence electrons. The normalized spacial score (nSPS) is 11.0. The van der Waals surface area contributed by atoms with Gasteiger partial charge in [-0.05, 0) is 13.3 Å². The first-order valence-corrected chi connectivity index (χ1v) is 18.8. The zero-order valence-electron chi connectivity index (χ0n) is 26.5. The third-order valence-corrected chi connectivity index (χ3v) is 11.3. The van der Waals surface area contributed by atoms with Crippen LogP contribution in [0.5, 0.6) is 0 Å². The van der Waals surface area contributed by atoms with Crippen LogP contribution < -0.4 is 0 Å². The highest BCUT2D eigenvalue weighted by Crippen LogP contribution is 2.21. The average molecular weight is 601 g/mol. The first-order valence-electron chi connectivity index (χ1n) is 16.4. The lowest BCUT2D eigenvalue weighted by molar-refractivity contribution is -0.170. The van der Waals surface area contributed by atoms with Crippen LogP contribution in [0.1, 0.15) is 156 Å². The summed E-state index contributed by atoms with van der Waals surface area (Å²) < 4.78 is 0. The molecule has 0 saturated carbocycles. The lowest BCUT2D eigenvalue weighted by Gasteiger charge is -2.18. The quantitative estimate of drug-likeness (QED) is 0.0518. The molecular formula is C32H61AlO8. The van der Waals surface area contributed by atoms with Crippen molar-refractivity contribution in [2.75, 3.05) is 0 Å². The summed E-state index contributed by atoms with van der Waals surface area (Å²) in [6.07, 6.45) is 24.1. The molecule has 0 saturated heterocycles. The van der Waals surface area contributed by atoms with Gasteiger partial charge in [-0.2, -0.15) is 0 Å². The molecule has 0 aromatic heterocycles. The Bertz CT molecular complexity index is 651. The Morgan fingerprint density at radius 1 is 0.537 bits per heavy atom. The van der Waals surface area contributed by atoms with Gasteiger partial charge in [-0.15, -0.1) is 0 Å². The number of ketones is 1. The molecule has 0 unspecified atom stereocenters. The van der Waals surface area contributed by atoms with Crippen LogP contribution >= 0.6 is 0 Å². The number of rotatable bonds is 28. The molecule has 0 aromatic rings. The second-order valence-electron chi connectivity index (χ2n) is 11.8.